The maximum atomic E-state index is 12.2. The quantitative estimate of drug-likeness (QED) is 0.750. The summed E-state index contributed by atoms with van der Waals surface area (Å²) >= 11 is 0. The van der Waals surface area contributed by atoms with Crippen LogP contribution < -0.4 is 4.72 Å². The molecule has 2 aliphatic heterocycles. The van der Waals surface area contributed by atoms with Crippen molar-refractivity contribution in [2.75, 3.05) is 39.0 Å². The number of β-amino-alcohol motifs (C(OH)–C–C–N with tert-alkyl or cyclic N) is 1. The van der Waals surface area contributed by atoms with Crippen molar-refractivity contribution in [3.63, 3.8) is 0 Å². The number of fused-ring (bicyclic) bond motifs is 1. The van der Waals surface area contributed by atoms with Gasteiger partial charge in [-0.15, -0.1) is 0 Å². The van der Waals surface area contributed by atoms with Gasteiger partial charge in [-0.1, -0.05) is 24.3 Å². The first kappa shape index (κ1) is 20.3. The van der Waals surface area contributed by atoms with E-state index >= 15 is 0 Å². The van der Waals surface area contributed by atoms with E-state index in [1.807, 2.05) is 0 Å². The molecule has 7 nitrogen and oxygen atoms in total. The first-order valence-corrected chi connectivity index (χ1v) is 11.4. The number of benzene rings is 1. The topological polar surface area (TPSA) is 90.0 Å². The van der Waals surface area contributed by atoms with E-state index in [0.717, 1.165) is 25.8 Å². The lowest BCUT2D eigenvalue weighted by Gasteiger charge is -2.36. The zero-order chi connectivity index (χ0) is 19.5. The molecule has 2 aliphatic rings. The van der Waals surface area contributed by atoms with Gasteiger partial charge in [0.2, 0.25) is 15.9 Å². The molecule has 1 amide bonds. The molecule has 1 atom stereocenters. The standard InChI is InChI=1S/C19H29N3O4S/c1-27(25,26)20-13-18(23)22-10-4-8-19(24,9-12-22)15-21-11-7-16-5-2-3-6-17(16)14-21/h2-3,5-6,20,24H,4,7-15H2,1H3. The van der Waals surface area contributed by atoms with Crippen molar-refractivity contribution < 1.29 is 18.3 Å². The molecule has 0 aromatic heterocycles. The first-order valence-electron chi connectivity index (χ1n) is 9.48. The maximum Gasteiger partial charge on any atom is 0.237 e. The Kier molecular flexibility index (Phi) is 6.20. The number of hydrogen-bond donors (Lipinski definition) is 2. The van der Waals surface area contributed by atoms with Gasteiger partial charge in [0.25, 0.3) is 0 Å². The third-order valence-corrected chi connectivity index (χ3v) is 6.15. The molecule has 0 bridgehead atoms. The van der Waals surface area contributed by atoms with Crippen molar-refractivity contribution in [2.24, 2.45) is 0 Å². The van der Waals surface area contributed by atoms with Crippen LogP contribution in [-0.4, -0.2) is 73.8 Å². The molecular formula is C19H29N3O4S. The van der Waals surface area contributed by atoms with Crippen LogP contribution in [0.15, 0.2) is 24.3 Å². The number of hydrogen-bond acceptors (Lipinski definition) is 5. The van der Waals surface area contributed by atoms with Crippen molar-refractivity contribution in [3.8, 4) is 0 Å². The molecular weight excluding hydrogens is 366 g/mol. The summed E-state index contributed by atoms with van der Waals surface area (Å²) in [5, 5.41) is 11.1. The molecule has 8 heteroatoms. The van der Waals surface area contributed by atoms with Crippen molar-refractivity contribution in [1.29, 1.82) is 0 Å². The Morgan fingerprint density at radius 1 is 1.19 bits per heavy atom. The Labute approximate surface area is 161 Å². The number of nitrogens with one attached hydrogen (secondary N) is 1. The van der Waals surface area contributed by atoms with E-state index in [-0.39, 0.29) is 12.5 Å². The lowest BCUT2D eigenvalue weighted by Crippen LogP contribution is -2.46. The van der Waals surface area contributed by atoms with Gasteiger partial charge in [-0.05, 0) is 36.8 Å². The summed E-state index contributed by atoms with van der Waals surface area (Å²) in [6, 6.07) is 8.43. The van der Waals surface area contributed by atoms with Crippen molar-refractivity contribution in [3.05, 3.63) is 35.4 Å². The minimum absolute atomic E-state index is 0.222. The Hall–Kier alpha value is -1.48. The molecule has 27 heavy (non-hydrogen) atoms. The highest BCUT2D eigenvalue weighted by Crippen LogP contribution is 2.26. The van der Waals surface area contributed by atoms with E-state index in [2.05, 4.69) is 33.9 Å². The number of aliphatic hydroxyl groups is 1. The largest absolute Gasteiger partial charge is 0.388 e. The average molecular weight is 396 g/mol. The highest BCUT2D eigenvalue weighted by molar-refractivity contribution is 7.88. The third-order valence-electron chi connectivity index (χ3n) is 5.48. The smallest absolute Gasteiger partial charge is 0.237 e. The van der Waals surface area contributed by atoms with Crippen LogP contribution in [0.4, 0.5) is 0 Å². The second-order valence-corrected chi connectivity index (χ2v) is 9.61. The van der Waals surface area contributed by atoms with Gasteiger partial charge in [-0.25, -0.2) is 13.1 Å². The first-order chi connectivity index (χ1) is 12.7. The van der Waals surface area contributed by atoms with Gasteiger partial charge in [-0.3, -0.25) is 9.69 Å². The van der Waals surface area contributed by atoms with E-state index in [4.69, 9.17) is 0 Å². The van der Waals surface area contributed by atoms with Crippen molar-refractivity contribution in [1.82, 2.24) is 14.5 Å². The monoisotopic (exact) mass is 395 g/mol. The molecule has 3 rings (SSSR count). The Morgan fingerprint density at radius 2 is 1.93 bits per heavy atom. The number of likely N-dealkylation sites (tertiary alicyclic amines) is 1. The van der Waals surface area contributed by atoms with Crippen LogP contribution >= 0.6 is 0 Å². The van der Waals surface area contributed by atoms with Crippen molar-refractivity contribution in [2.45, 2.75) is 37.8 Å². The molecule has 0 radical (unpaired) electrons. The zero-order valence-corrected chi connectivity index (χ0v) is 16.7. The molecule has 1 saturated heterocycles. The number of amides is 1. The fourth-order valence-corrected chi connectivity index (χ4v) is 4.38. The van der Waals surface area contributed by atoms with Crippen LogP contribution in [-0.2, 0) is 27.8 Å². The van der Waals surface area contributed by atoms with Gasteiger partial charge in [0.1, 0.15) is 0 Å². The Morgan fingerprint density at radius 3 is 2.67 bits per heavy atom. The van der Waals surface area contributed by atoms with E-state index in [0.29, 0.717) is 38.9 Å². The Bertz CT molecular complexity index is 783. The van der Waals surface area contributed by atoms with E-state index in [1.165, 1.54) is 11.1 Å². The maximum absolute atomic E-state index is 12.2. The summed E-state index contributed by atoms with van der Waals surface area (Å²) in [6.45, 7) is 3.16. The molecule has 1 unspecified atom stereocenters. The molecule has 0 spiro atoms. The van der Waals surface area contributed by atoms with E-state index in [9.17, 15) is 18.3 Å². The summed E-state index contributed by atoms with van der Waals surface area (Å²) < 4.78 is 24.6. The van der Waals surface area contributed by atoms with Crippen LogP contribution in [0.3, 0.4) is 0 Å². The van der Waals surface area contributed by atoms with Crippen LogP contribution in [0, 0.1) is 0 Å². The van der Waals surface area contributed by atoms with Crippen LogP contribution in [0.25, 0.3) is 0 Å². The molecule has 1 aromatic rings. The summed E-state index contributed by atoms with van der Waals surface area (Å²) in [4.78, 5) is 16.2. The summed E-state index contributed by atoms with van der Waals surface area (Å²) in [6.07, 6.45) is 3.90. The highest BCUT2D eigenvalue weighted by atomic mass is 32.2. The second kappa shape index (κ2) is 8.26. The number of sulfonamides is 1. The molecule has 2 N–H and O–H groups in total. The normalized spacial score (nSPS) is 24.3. The number of carbonyl (C=O) groups excluding carboxylic acids is 1. The zero-order valence-electron chi connectivity index (χ0n) is 15.9. The van der Waals surface area contributed by atoms with Crippen LogP contribution in [0.1, 0.15) is 30.4 Å². The van der Waals surface area contributed by atoms with E-state index < -0.39 is 15.6 Å². The summed E-state index contributed by atoms with van der Waals surface area (Å²) in [5.74, 6) is -0.239. The fourth-order valence-electron chi connectivity index (χ4n) is 4.00. The van der Waals surface area contributed by atoms with Gasteiger partial charge >= 0.3 is 0 Å². The minimum Gasteiger partial charge on any atom is -0.388 e. The average Bonchev–Trinajstić information content (AvgIpc) is 2.81. The minimum atomic E-state index is -3.39. The number of rotatable bonds is 5. The van der Waals surface area contributed by atoms with Gasteiger partial charge in [0.05, 0.1) is 18.4 Å². The predicted octanol–water partition coefficient (Wildman–Crippen LogP) is 0.338. The predicted molar refractivity (Wildman–Crippen MR) is 104 cm³/mol. The summed E-state index contributed by atoms with van der Waals surface area (Å²) in [5.41, 5.74) is 1.90. The lowest BCUT2D eigenvalue weighted by atomic mass is 9.92. The fraction of sp³-hybridized carbons (Fsp3) is 0.632. The van der Waals surface area contributed by atoms with Gasteiger partial charge in [-0.2, -0.15) is 0 Å². The van der Waals surface area contributed by atoms with Gasteiger partial charge < -0.3 is 10.0 Å². The molecule has 1 fully saturated rings. The molecule has 0 aliphatic carbocycles. The van der Waals surface area contributed by atoms with E-state index in [1.54, 1.807) is 4.90 Å². The lowest BCUT2D eigenvalue weighted by molar-refractivity contribution is -0.130. The second-order valence-electron chi connectivity index (χ2n) is 7.78. The molecule has 1 aromatic carbocycles. The number of nitrogens with zero attached hydrogens (tertiary/aromatic N) is 2. The number of carbonyl (C=O) groups is 1. The van der Waals surface area contributed by atoms with Crippen LogP contribution in [0.2, 0.25) is 0 Å². The van der Waals surface area contributed by atoms with Crippen molar-refractivity contribution >= 4 is 15.9 Å². The van der Waals surface area contributed by atoms with Gasteiger partial charge in [0.15, 0.2) is 0 Å². The molecule has 150 valence electrons. The SMILES string of the molecule is CS(=O)(=O)NCC(=O)N1CCCC(O)(CN2CCc3ccccc3C2)CC1. The third kappa shape index (κ3) is 5.75. The van der Waals surface area contributed by atoms with Crippen LogP contribution in [0.5, 0.6) is 0 Å². The highest BCUT2D eigenvalue weighted by Gasteiger charge is 2.34. The molecule has 2 heterocycles. The molecule has 0 saturated carbocycles. The summed E-state index contributed by atoms with van der Waals surface area (Å²) in [7, 11) is -3.39. The Balaban J connectivity index is 1.54. The van der Waals surface area contributed by atoms with Gasteiger partial charge in [0, 0.05) is 32.7 Å².